The molecule has 0 unspecified atom stereocenters. The number of rotatable bonds is 6. The highest BCUT2D eigenvalue weighted by Gasteiger charge is 2.10. The number of thiazole rings is 1. The molecule has 5 heteroatoms. The highest BCUT2D eigenvalue weighted by Crippen LogP contribution is 2.24. The third kappa shape index (κ3) is 3.04. The normalized spacial score (nSPS) is 11.3. The molecule has 0 amide bonds. The van der Waals surface area contributed by atoms with Crippen molar-refractivity contribution in [2.75, 3.05) is 26.9 Å². The molecule has 0 spiro atoms. The Labute approximate surface area is 111 Å². The van der Waals surface area contributed by atoms with Gasteiger partial charge in [-0.25, -0.2) is 9.97 Å². The van der Waals surface area contributed by atoms with E-state index < -0.39 is 0 Å². The number of methoxy groups -OCH3 is 1. The van der Waals surface area contributed by atoms with Gasteiger partial charge in [0.25, 0.3) is 0 Å². The number of aryl methyl sites for hydroxylation is 2. The molecule has 2 aromatic heterocycles. The summed E-state index contributed by atoms with van der Waals surface area (Å²) in [5, 5.41) is 1.06. The maximum Gasteiger partial charge on any atom is 0.143 e. The van der Waals surface area contributed by atoms with Gasteiger partial charge >= 0.3 is 0 Å². The van der Waals surface area contributed by atoms with Crippen LogP contribution in [0.5, 0.6) is 0 Å². The van der Waals surface area contributed by atoms with Gasteiger partial charge in [0.1, 0.15) is 10.3 Å². The first-order valence-corrected chi connectivity index (χ1v) is 6.82. The van der Waals surface area contributed by atoms with Gasteiger partial charge in [0.15, 0.2) is 0 Å². The van der Waals surface area contributed by atoms with Crippen LogP contribution >= 0.6 is 11.3 Å². The van der Waals surface area contributed by atoms with Crippen molar-refractivity contribution >= 4 is 21.7 Å². The van der Waals surface area contributed by atoms with Crippen molar-refractivity contribution in [3.8, 4) is 0 Å². The van der Waals surface area contributed by atoms with Crippen LogP contribution in [0.25, 0.3) is 10.3 Å². The van der Waals surface area contributed by atoms with Crippen molar-refractivity contribution in [1.82, 2.24) is 9.97 Å². The Kier molecular flexibility index (Phi) is 4.63. The van der Waals surface area contributed by atoms with E-state index in [1.807, 2.05) is 13.1 Å². The van der Waals surface area contributed by atoms with Crippen LogP contribution in [-0.2, 0) is 15.9 Å². The lowest BCUT2D eigenvalue weighted by molar-refractivity contribution is 0.0723. The molecule has 2 aromatic rings. The highest BCUT2D eigenvalue weighted by atomic mass is 32.1. The van der Waals surface area contributed by atoms with Crippen LogP contribution in [0.1, 0.15) is 16.1 Å². The minimum absolute atomic E-state index is 0.639. The van der Waals surface area contributed by atoms with E-state index in [1.54, 1.807) is 18.4 Å². The van der Waals surface area contributed by atoms with Crippen LogP contribution in [0, 0.1) is 13.8 Å². The van der Waals surface area contributed by atoms with Crippen molar-refractivity contribution in [2.45, 2.75) is 20.3 Å². The van der Waals surface area contributed by atoms with E-state index in [0.29, 0.717) is 19.8 Å². The van der Waals surface area contributed by atoms with E-state index in [9.17, 15) is 0 Å². The van der Waals surface area contributed by atoms with Gasteiger partial charge in [0, 0.05) is 13.3 Å². The summed E-state index contributed by atoms with van der Waals surface area (Å²) in [5.74, 6) is 0. The Bertz CT molecular complexity index is 525. The Hall–Kier alpha value is -1.04. The SMILES string of the molecule is COCCOCCc1c(C)cnc2sc(C)nc12. The molecule has 0 saturated carbocycles. The zero-order valence-corrected chi connectivity index (χ0v) is 11.8. The zero-order chi connectivity index (χ0) is 13.0. The van der Waals surface area contributed by atoms with Gasteiger partial charge in [-0.05, 0) is 31.4 Å². The second kappa shape index (κ2) is 6.22. The number of hydrogen-bond donors (Lipinski definition) is 0. The number of hydrogen-bond acceptors (Lipinski definition) is 5. The fourth-order valence-electron chi connectivity index (χ4n) is 1.85. The molecule has 0 radical (unpaired) electrons. The van der Waals surface area contributed by atoms with E-state index >= 15 is 0 Å². The van der Waals surface area contributed by atoms with Crippen molar-refractivity contribution < 1.29 is 9.47 Å². The summed E-state index contributed by atoms with van der Waals surface area (Å²) in [6.45, 7) is 6.06. The van der Waals surface area contributed by atoms with Gasteiger partial charge in [-0.2, -0.15) is 0 Å². The summed E-state index contributed by atoms with van der Waals surface area (Å²) in [6, 6.07) is 0. The predicted molar refractivity (Wildman–Crippen MR) is 73.3 cm³/mol. The molecule has 0 N–H and O–H groups in total. The second-order valence-corrected chi connectivity index (χ2v) is 5.34. The maximum absolute atomic E-state index is 5.52. The number of pyridine rings is 1. The summed E-state index contributed by atoms with van der Waals surface area (Å²) in [5.41, 5.74) is 3.47. The molecule has 4 nitrogen and oxygen atoms in total. The minimum Gasteiger partial charge on any atom is -0.382 e. The first-order chi connectivity index (χ1) is 8.72. The maximum atomic E-state index is 5.52. The Morgan fingerprint density at radius 2 is 2.06 bits per heavy atom. The topological polar surface area (TPSA) is 44.2 Å². The molecule has 2 rings (SSSR count). The van der Waals surface area contributed by atoms with E-state index in [1.165, 1.54) is 11.1 Å². The largest absolute Gasteiger partial charge is 0.382 e. The Balaban J connectivity index is 2.08. The number of ether oxygens (including phenoxy) is 2. The highest BCUT2D eigenvalue weighted by molar-refractivity contribution is 7.18. The average Bonchev–Trinajstić information content (AvgIpc) is 2.72. The predicted octanol–water partition coefficient (Wildman–Crippen LogP) is 2.51. The standard InChI is InChI=1S/C13H18N2O2S/c1-9-8-14-13-12(15-10(2)18-13)11(9)4-5-17-7-6-16-3/h8H,4-7H2,1-3H3. The molecule has 0 bridgehead atoms. The summed E-state index contributed by atoms with van der Waals surface area (Å²) in [7, 11) is 1.68. The zero-order valence-electron chi connectivity index (χ0n) is 11.0. The smallest absolute Gasteiger partial charge is 0.143 e. The van der Waals surface area contributed by atoms with Crippen LogP contribution < -0.4 is 0 Å². The first-order valence-electron chi connectivity index (χ1n) is 6.00. The molecule has 0 aromatic carbocycles. The molecular formula is C13H18N2O2S. The summed E-state index contributed by atoms with van der Waals surface area (Å²) in [4.78, 5) is 10.00. The Morgan fingerprint density at radius 1 is 1.22 bits per heavy atom. The molecule has 2 heterocycles. The quantitative estimate of drug-likeness (QED) is 0.754. The van der Waals surface area contributed by atoms with Crippen molar-refractivity contribution in [1.29, 1.82) is 0 Å². The van der Waals surface area contributed by atoms with Gasteiger partial charge in [-0.15, -0.1) is 0 Å². The number of aromatic nitrogens is 2. The number of fused-ring (bicyclic) bond motifs is 1. The molecule has 0 atom stereocenters. The summed E-state index contributed by atoms with van der Waals surface area (Å²) in [6.07, 6.45) is 2.79. The third-order valence-electron chi connectivity index (χ3n) is 2.78. The molecule has 0 saturated heterocycles. The lowest BCUT2D eigenvalue weighted by atomic mass is 10.1. The van der Waals surface area contributed by atoms with Gasteiger partial charge in [0.05, 0.1) is 24.8 Å². The van der Waals surface area contributed by atoms with E-state index in [4.69, 9.17) is 9.47 Å². The number of nitrogens with zero attached hydrogens (tertiary/aromatic N) is 2. The fourth-order valence-corrected chi connectivity index (χ4v) is 2.64. The van der Waals surface area contributed by atoms with Gasteiger partial charge < -0.3 is 9.47 Å². The fraction of sp³-hybridized carbons (Fsp3) is 0.538. The first kappa shape index (κ1) is 13.4. The average molecular weight is 266 g/mol. The van der Waals surface area contributed by atoms with E-state index in [0.717, 1.165) is 21.8 Å². The molecule has 0 aliphatic carbocycles. The minimum atomic E-state index is 0.639. The van der Waals surface area contributed by atoms with Gasteiger partial charge in [-0.1, -0.05) is 11.3 Å². The second-order valence-electron chi connectivity index (χ2n) is 4.16. The van der Waals surface area contributed by atoms with Gasteiger partial charge in [-0.3, -0.25) is 0 Å². The summed E-state index contributed by atoms with van der Waals surface area (Å²) >= 11 is 1.64. The van der Waals surface area contributed by atoms with E-state index in [2.05, 4.69) is 16.9 Å². The molecule has 0 aliphatic heterocycles. The van der Waals surface area contributed by atoms with Crippen molar-refractivity contribution in [3.05, 3.63) is 22.3 Å². The lowest BCUT2D eigenvalue weighted by Gasteiger charge is -2.07. The van der Waals surface area contributed by atoms with Crippen LogP contribution in [0.3, 0.4) is 0 Å². The lowest BCUT2D eigenvalue weighted by Crippen LogP contribution is -2.06. The Morgan fingerprint density at radius 3 is 2.83 bits per heavy atom. The molecular weight excluding hydrogens is 248 g/mol. The third-order valence-corrected chi connectivity index (χ3v) is 3.66. The molecule has 0 fully saturated rings. The molecule has 0 aliphatic rings. The van der Waals surface area contributed by atoms with Gasteiger partial charge in [0.2, 0.25) is 0 Å². The van der Waals surface area contributed by atoms with Crippen LogP contribution in [-0.4, -0.2) is 36.9 Å². The monoisotopic (exact) mass is 266 g/mol. The van der Waals surface area contributed by atoms with Crippen LogP contribution in [0.15, 0.2) is 6.20 Å². The van der Waals surface area contributed by atoms with Crippen LogP contribution in [0.4, 0.5) is 0 Å². The van der Waals surface area contributed by atoms with Crippen molar-refractivity contribution in [3.63, 3.8) is 0 Å². The summed E-state index contributed by atoms with van der Waals surface area (Å²) < 4.78 is 10.5. The van der Waals surface area contributed by atoms with E-state index in [-0.39, 0.29) is 0 Å². The van der Waals surface area contributed by atoms with Crippen LogP contribution in [0.2, 0.25) is 0 Å². The molecule has 18 heavy (non-hydrogen) atoms. The molecule has 98 valence electrons. The van der Waals surface area contributed by atoms with Crippen molar-refractivity contribution in [2.24, 2.45) is 0 Å².